The summed E-state index contributed by atoms with van der Waals surface area (Å²) >= 11 is 0. The molecule has 34 heavy (non-hydrogen) atoms. The van der Waals surface area contributed by atoms with Crippen LogP contribution >= 0.6 is 0 Å². The quantitative estimate of drug-likeness (QED) is 0.146. The first-order valence-electron chi connectivity index (χ1n) is 11.4. The zero-order valence-corrected chi connectivity index (χ0v) is 18.9. The molecule has 5 rings (SSSR count). The number of nitrogens with zero attached hydrogens (tertiary/aromatic N) is 2. The van der Waals surface area contributed by atoms with Crippen molar-refractivity contribution in [3.8, 4) is 17.1 Å². The molecule has 0 fully saturated rings. The molecule has 8 heteroatoms. The minimum absolute atomic E-state index is 0.0525. The van der Waals surface area contributed by atoms with E-state index in [1.165, 1.54) is 0 Å². The Morgan fingerprint density at radius 3 is 2.74 bits per heavy atom. The summed E-state index contributed by atoms with van der Waals surface area (Å²) in [4.78, 5) is 25.2. The van der Waals surface area contributed by atoms with E-state index < -0.39 is 0 Å². The van der Waals surface area contributed by atoms with Crippen LogP contribution in [0.15, 0.2) is 71.8 Å². The van der Waals surface area contributed by atoms with Gasteiger partial charge in [0.05, 0.1) is 11.4 Å². The van der Waals surface area contributed by atoms with Gasteiger partial charge in [-0.2, -0.15) is 0 Å². The standard InChI is InChI=1S/C26H27N7O/c1-16(17-8-3-2-4-9-17)23-25(34)33-15-22(19-14-30-20-11-6-5-10-18(19)20)31-21(24(33)32-23)12-7-13-29-26(27)28/h2-6,8-11,14-16,30-31H,7,12-13H2,1H3,(H4,27,28,29). The third-order valence-corrected chi connectivity index (χ3v) is 6.21. The first-order chi connectivity index (χ1) is 16.5. The maximum absolute atomic E-state index is 13.5. The number of H-pyrrole nitrogens is 2. The molecule has 0 saturated carbocycles. The molecular formula is C26H27N7O. The second kappa shape index (κ2) is 8.90. The molecule has 8 nitrogen and oxygen atoms in total. The van der Waals surface area contributed by atoms with E-state index >= 15 is 0 Å². The lowest BCUT2D eigenvalue weighted by Gasteiger charge is -2.13. The largest absolute Gasteiger partial charge is 0.370 e. The summed E-state index contributed by atoms with van der Waals surface area (Å²) in [5, 5.41) is 11.3. The molecule has 0 radical (unpaired) electrons. The van der Waals surface area contributed by atoms with Crippen LogP contribution in [0.3, 0.4) is 0 Å². The van der Waals surface area contributed by atoms with Crippen LogP contribution in [0.1, 0.15) is 36.2 Å². The number of aromatic amines is 2. The summed E-state index contributed by atoms with van der Waals surface area (Å²) in [7, 11) is 0. The third-order valence-electron chi connectivity index (χ3n) is 6.21. The molecule has 0 aliphatic carbocycles. The van der Waals surface area contributed by atoms with Gasteiger partial charge < -0.3 is 21.0 Å². The summed E-state index contributed by atoms with van der Waals surface area (Å²) in [5.74, 6) is 0.454. The lowest BCUT2D eigenvalue weighted by molar-refractivity contribution is 0.742. The Balaban J connectivity index is 1.62. The van der Waals surface area contributed by atoms with Crippen molar-refractivity contribution in [2.24, 2.45) is 5.73 Å². The van der Waals surface area contributed by atoms with Gasteiger partial charge in [0.1, 0.15) is 5.69 Å². The van der Waals surface area contributed by atoms with Crippen LogP contribution in [0.2, 0.25) is 0 Å². The molecule has 0 bridgehead atoms. The average molecular weight is 454 g/mol. The number of aryl methyl sites for hydroxylation is 1. The zero-order chi connectivity index (χ0) is 23.7. The van der Waals surface area contributed by atoms with Crippen LogP contribution < -0.4 is 16.6 Å². The van der Waals surface area contributed by atoms with Crippen LogP contribution in [0.5, 0.6) is 0 Å². The summed E-state index contributed by atoms with van der Waals surface area (Å²) < 4.78 is 1.66. The number of benzene rings is 2. The minimum Gasteiger partial charge on any atom is -0.370 e. The average Bonchev–Trinajstić information content (AvgIpc) is 3.43. The molecule has 0 amide bonds. The van der Waals surface area contributed by atoms with Gasteiger partial charge in [0.25, 0.3) is 5.56 Å². The van der Waals surface area contributed by atoms with Gasteiger partial charge in [-0.1, -0.05) is 55.5 Å². The predicted molar refractivity (Wildman–Crippen MR) is 135 cm³/mol. The second-order valence-electron chi connectivity index (χ2n) is 8.47. The van der Waals surface area contributed by atoms with Crippen molar-refractivity contribution in [2.75, 3.05) is 6.54 Å². The fourth-order valence-corrected chi connectivity index (χ4v) is 4.42. The Labute approximate surface area is 196 Å². The molecular weight excluding hydrogens is 426 g/mol. The normalized spacial score (nSPS) is 12.3. The van der Waals surface area contributed by atoms with Crippen molar-refractivity contribution in [1.82, 2.24) is 24.8 Å². The Morgan fingerprint density at radius 1 is 1.18 bits per heavy atom. The van der Waals surface area contributed by atoms with Gasteiger partial charge in [0.2, 0.25) is 0 Å². The smallest absolute Gasteiger partial charge is 0.278 e. The van der Waals surface area contributed by atoms with Crippen LogP contribution in [-0.2, 0) is 6.42 Å². The lowest BCUT2D eigenvalue weighted by Crippen LogP contribution is -2.31. The first kappa shape index (κ1) is 21.5. The SMILES string of the molecule is CC(c1ccccc1)c1nc2c(CCCNC(=N)N)[nH]c(-c3c[nH]c4ccccc34)cn-2c1=O. The first-order valence-corrected chi connectivity index (χ1v) is 11.4. The highest BCUT2D eigenvalue weighted by molar-refractivity contribution is 5.94. The molecule has 3 aromatic rings. The lowest BCUT2D eigenvalue weighted by atomic mass is 9.98. The number of nitrogens with two attached hydrogens (primary N) is 1. The van der Waals surface area contributed by atoms with Crippen molar-refractivity contribution in [2.45, 2.75) is 25.7 Å². The van der Waals surface area contributed by atoms with Gasteiger partial charge in [-0.25, -0.2) is 4.98 Å². The van der Waals surface area contributed by atoms with E-state index in [1.54, 1.807) is 4.57 Å². The highest BCUT2D eigenvalue weighted by Crippen LogP contribution is 2.30. The van der Waals surface area contributed by atoms with Crippen LogP contribution in [0.25, 0.3) is 28.0 Å². The van der Waals surface area contributed by atoms with Gasteiger partial charge in [0.15, 0.2) is 11.8 Å². The Morgan fingerprint density at radius 2 is 1.94 bits per heavy atom. The van der Waals surface area contributed by atoms with Crippen LogP contribution in [0.4, 0.5) is 0 Å². The summed E-state index contributed by atoms with van der Waals surface area (Å²) in [6.07, 6.45) is 5.18. The van der Waals surface area contributed by atoms with Gasteiger partial charge in [0, 0.05) is 41.3 Å². The number of nitrogens with one attached hydrogen (secondary N) is 4. The Bertz CT molecular complexity index is 1480. The molecule has 6 N–H and O–H groups in total. The van der Waals surface area contributed by atoms with Gasteiger partial charge >= 0.3 is 0 Å². The number of fused-ring (bicyclic) bond motifs is 2. The third kappa shape index (κ3) is 3.94. The highest BCUT2D eigenvalue weighted by atomic mass is 16.1. The summed E-state index contributed by atoms with van der Waals surface area (Å²) in [6, 6.07) is 18.0. The molecule has 0 saturated heterocycles. The van der Waals surface area contributed by atoms with Crippen molar-refractivity contribution >= 4 is 16.9 Å². The fraction of sp³-hybridized carbons (Fsp3) is 0.192. The maximum Gasteiger partial charge on any atom is 0.278 e. The monoisotopic (exact) mass is 453 g/mol. The van der Waals surface area contributed by atoms with Crippen molar-refractivity contribution in [3.05, 3.63) is 94.3 Å². The molecule has 1 aromatic heterocycles. The fourth-order valence-electron chi connectivity index (χ4n) is 4.42. The minimum atomic E-state index is -0.127. The number of guanidine groups is 1. The number of imidazole rings is 1. The van der Waals surface area contributed by atoms with E-state index in [9.17, 15) is 4.79 Å². The van der Waals surface area contributed by atoms with Gasteiger partial charge in [-0.15, -0.1) is 0 Å². The Kier molecular flexibility index (Phi) is 5.63. The van der Waals surface area contributed by atoms with Crippen LogP contribution in [-0.4, -0.2) is 32.0 Å². The van der Waals surface area contributed by atoms with Crippen LogP contribution in [0, 0.1) is 5.41 Å². The molecule has 2 aromatic carbocycles. The molecule has 172 valence electrons. The van der Waals surface area contributed by atoms with Gasteiger partial charge in [-0.05, 0) is 24.5 Å². The van der Waals surface area contributed by atoms with E-state index in [4.69, 9.17) is 16.1 Å². The second-order valence-corrected chi connectivity index (χ2v) is 8.47. The van der Waals surface area contributed by atoms with Crippen molar-refractivity contribution in [1.29, 1.82) is 5.41 Å². The number of hydrogen-bond donors (Lipinski definition) is 5. The van der Waals surface area contributed by atoms with E-state index in [1.807, 2.05) is 67.8 Å². The number of para-hydroxylation sites is 1. The maximum atomic E-state index is 13.5. The van der Waals surface area contributed by atoms with Crippen molar-refractivity contribution < 1.29 is 0 Å². The Hall–Kier alpha value is -4.33. The topological polar surface area (TPSA) is 128 Å². The zero-order valence-electron chi connectivity index (χ0n) is 18.9. The van der Waals surface area contributed by atoms with E-state index in [2.05, 4.69) is 21.4 Å². The predicted octanol–water partition coefficient (Wildman–Crippen LogP) is 3.71. The number of hydrogen-bond acceptors (Lipinski definition) is 3. The molecule has 1 atom stereocenters. The van der Waals surface area contributed by atoms with E-state index in [-0.39, 0.29) is 17.4 Å². The van der Waals surface area contributed by atoms with E-state index in [0.717, 1.165) is 39.8 Å². The van der Waals surface area contributed by atoms with E-state index in [0.29, 0.717) is 24.5 Å². The van der Waals surface area contributed by atoms with Gasteiger partial charge in [-0.3, -0.25) is 14.8 Å². The highest BCUT2D eigenvalue weighted by Gasteiger charge is 2.24. The molecule has 3 heterocycles. The molecule has 0 spiro atoms. The molecule has 2 aliphatic heterocycles. The molecule has 1 unspecified atom stereocenters. The number of rotatable bonds is 7. The summed E-state index contributed by atoms with van der Waals surface area (Å²) in [6.45, 7) is 2.57. The number of aromatic nitrogens is 4. The van der Waals surface area contributed by atoms with Crippen molar-refractivity contribution in [3.63, 3.8) is 0 Å². The summed E-state index contributed by atoms with van der Waals surface area (Å²) in [5.41, 5.74) is 10.6. The molecule has 2 aliphatic rings.